The standard InChI is InChI=1S/C19H26N6O4S/c1-13-18(14(2)25(20-13)15-6-11-30(28,29)12-15)23-7-9-24(10-8-23)19(27)16-4-5-17(26)22(3)21-16/h4-5,15H,6-12H2,1-3H3. The van der Waals surface area contributed by atoms with Crippen molar-refractivity contribution in [2.75, 3.05) is 42.6 Å². The number of sulfone groups is 1. The molecular weight excluding hydrogens is 408 g/mol. The Labute approximate surface area is 175 Å². The molecule has 2 aromatic rings. The molecule has 1 atom stereocenters. The molecule has 0 N–H and O–H groups in total. The molecule has 10 nitrogen and oxygen atoms in total. The first-order valence-corrected chi connectivity index (χ1v) is 11.8. The highest BCUT2D eigenvalue weighted by Gasteiger charge is 2.33. The summed E-state index contributed by atoms with van der Waals surface area (Å²) in [6.07, 6.45) is 0.596. The Balaban J connectivity index is 1.47. The van der Waals surface area contributed by atoms with Gasteiger partial charge in [0.2, 0.25) is 0 Å². The summed E-state index contributed by atoms with van der Waals surface area (Å²) >= 11 is 0. The van der Waals surface area contributed by atoms with E-state index >= 15 is 0 Å². The first-order chi connectivity index (χ1) is 14.2. The topological polar surface area (TPSA) is 110 Å². The van der Waals surface area contributed by atoms with Gasteiger partial charge >= 0.3 is 0 Å². The summed E-state index contributed by atoms with van der Waals surface area (Å²) in [5, 5.41) is 8.69. The van der Waals surface area contributed by atoms with Crippen molar-refractivity contribution >= 4 is 21.4 Å². The average molecular weight is 435 g/mol. The molecule has 2 fully saturated rings. The maximum atomic E-state index is 12.7. The molecule has 1 amide bonds. The molecule has 0 saturated carbocycles. The number of hydrogen-bond donors (Lipinski definition) is 0. The molecule has 0 bridgehead atoms. The van der Waals surface area contributed by atoms with Crippen molar-refractivity contribution < 1.29 is 13.2 Å². The number of aryl methyl sites for hydroxylation is 2. The van der Waals surface area contributed by atoms with Crippen LogP contribution in [-0.2, 0) is 16.9 Å². The van der Waals surface area contributed by atoms with Crippen LogP contribution in [0.5, 0.6) is 0 Å². The van der Waals surface area contributed by atoms with Crippen LogP contribution >= 0.6 is 0 Å². The van der Waals surface area contributed by atoms with Gasteiger partial charge in [0, 0.05) is 39.3 Å². The molecule has 30 heavy (non-hydrogen) atoms. The Bertz CT molecular complexity index is 1140. The maximum absolute atomic E-state index is 12.7. The molecule has 2 aromatic heterocycles. The molecule has 2 aliphatic heterocycles. The fourth-order valence-electron chi connectivity index (χ4n) is 4.35. The van der Waals surface area contributed by atoms with Crippen LogP contribution in [0.4, 0.5) is 5.69 Å². The van der Waals surface area contributed by atoms with Gasteiger partial charge in [-0.05, 0) is 26.3 Å². The van der Waals surface area contributed by atoms with Crippen molar-refractivity contribution in [1.29, 1.82) is 0 Å². The maximum Gasteiger partial charge on any atom is 0.274 e. The van der Waals surface area contributed by atoms with Crippen LogP contribution in [-0.4, -0.2) is 76.5 Å². The summed E-state index contributed by atoms with van der Waals surface area (Å²) in [5.74, 6) is 0.166. The number of aromatic nitrogens is 4. The van der Waals surface area contributed by atoms with Crippen molar-refractivity contribution in [2.45, 2.75) is 26.3 Å². The van der Waals surface area contributed by atoms with E-state index < -0.39 is 9.84 Å². The largest absolute Gasteiger partial charge is 0.365 e. The van der Waals surface area contributed by atoms with Gasteiger partial charge in [0.25, 0.3) is 11.5 Å². The normalized spacial score (nSPS) is 21.2. The molecule has 2 aliphatic rings. The number of anilines is 1. The molecule has 0 aliphatic carbocycles. The first-order valence-electron chi connectivity index (χ1n) is 10.0. The Morgan fingerprint density at radius 3 is 2.40 bits per heavy atom. The van der Waals surface area contributed by atoms with Crippen molar-refractivity contribution in [3.63, 3.8) is 0 Å². The summed E-state index contributed by atoms with van der Waals surface area (Å²) in [5.41, 5.74) is 2.86. The molecule has 11 heteroatoms. The molecule has 2 saturated heterocycles. The van der Waals surface area contributed by atoms with Gasteiger partial charge < -0.3 is 9.80 Å². The zero-order chi connectivity index (χ0) is 21.6. The van der Waals surface area contributed by atoms with Crippen LogP contribution in [0.25, 0.3) is 0 Å². The van der Waals surface area contributed by atoms with Gasteiger partial charge in [-0.25, -0.2) is 13.1 Å². The van der Waals surface area contributed by atoms with Gasteiger partial charge in [0.1, 0.15) is 5.69 Å². The third-order valence-corrected chi connectivity index (χ3v) is 7.65. The second kappa shape index (κ2) is 7.53. The summed E-state index contributed by atoms with van der Waals surface area (Å²) in [6.45, 7) is 6.28. The van der Waals surface area contributed by atoms with Crippen LogP contribution in [0.15, 0.2) is 16.9 Å². The predicted octanol–water partition coefficient (Wildman–Crippen LogP) is -0.0844. The van der Waals surface area contributed by atoms with Crippen molar-refractivity contribution in [3.05, 3.63) is 39.6 Å². The third kappa shape index (κ3) is 3.73. The van der Waals surface area contributed by atoms with Crippen LogP contribution in [0, 0.1) is 13.8 Å². The molecule has 1 unspecified atom stereocenters. The van der Waals surface area contributed by atoms with Crippen LogP contribution in [0.3, 0.4) is 0 Å². The Kier molecular flexibility index (Phi) is 5.16. The summed E-state index contributed by atoms with van der Waals surface area (Å²) < 4.78 is 26.7. The predicted molar refractivity (Wildman–Crippen MR) is 112 cm³/mol. The van der Waals surface area contributed by atoms with E-state index in [-0.39, 0.29) is 34.7 Å². The minimum atomic E-state index is -2.98. The number of amides is 1. The minimum Gasteiger partial charge on any atom is -0.365 e. The van der Waals surface area contributed by atoms with E-state index in [2.05, 4.69) is 15.1 Å². The number of piperazine rings is 1. The number of carbonyl (C=O) groups excluding carboxylic acids is 1. The van der Waals surface area contributed by atoms with E-state index in [1.807, 2.05) is 18.5 Å². The van der Waals surface area contributed by atoms with E-state index in [0.717, 1.165) is 21.8 Å². The molecule has 0 aromatic carbocycles. The fraction of sp³-hybridized carbons (Fsp3) is 0.579. The lowest BCUT2D eigenvalue weighted by Crippen LogP contribution is -2.49. The van der Waals surface area contributed by atoms with E-state index in [4.69, 9.17) is 0 Å². The van der Waals surface area contributed by atoms with Crippen molar-refractivity contribution in [2.24, 2.45) is 7.05 Å². The molecule has 0 radical (unpaired) electrons. The Morgan fingerprint density at radius 1 is 1.10 bits per heavy atom. The first kappa shape index (κ1) is 20.6. The molecule has 0 spiro atoms. The number of nitrogens with zero attached hydrogens (tertiary/aromatic N) is 6. The SMILES string of the molecule is Cc1nn(C2CCS(=O)(=O)C2)c(C)c1N1CCN(C(=O)c2ccc(=O)n(C)n2)CC1. The van der Waals surface area contributed by atoms with E-state index in [9.17, 15) is 18.0 Å². The number of hydrogen-bond acceptors (Lipinski definition) is 7. The lowest BCUT2D eigenvalue weighted by molar-refractivity contribution is 0.0738. The lowest BCUT2D eigenvalue weighted by Gasteiger charge is -2.36. The summed E-state index contributed by atoms with van der Waals surface area (Å²) in [7, 11) is -1.46. The van der Waals surface area contributed by atoms with Gasteiger partial charge in [-0.3, -0.25) is 14.3 Å². The van der Waals surface area contributed by atoms with E-state index in [1.54, 1.807) is 4.90 Å². The zero-order valence-electron chi connectivity index (χ0n) is 17.4. The van der Waals surface area contributed by atoms with Gasteiger partial charge in [0.15, 0.2) is 9.84 Å². The second-order valence-electron chi connectivity index (χ2n) is 7.98. The van der Waals surface area contributed by atoms with Crippen molar-refractivity contribution in [3.8, 4) is 0 Å². The number of rotatable bonds is 3. The smallest absolute Gasteiger partial charge is 0.274 e. The molecular formula is C19H26N6O4S. The highest BCUT2D eigenvalue weighted by Crippen LogP contribution is 2.31. The van der Waals surface area contributed by atoms with Crippen LogP contribution < -0.4 is 10.5 Å². The second-order valence-corrected chi connectivity index (χ2v) is 10.2. The van der Waals surface area contributed by atoms with E-state index in [1.165, 1.54) is 19.2 Å². The third-order valence-electron chi connectivity index (χ3n) is 5.90. The highest BCUT2D eigenvalue weighted by molar-refractivity contribution is 7.91. The van der Waals surface area contributed by atoms with Crippen molar-refractivity contribution in [1.82, 2.24) is 24.5 Å². The van der Waals surface area contributed by atoms with Gasteiger partial charge in [-0.15, -0.1) is 0 Å². The Hall–Kier alpha value is -2.69. The Morgan fingerprint density at radius 2 is 1.80 bits per heavy atom. The van der Waals surface area contributed by atoms with Gasteiger partial charge in [0.05, 0.1) is 34.6 Å². The van der Waals surface area contributed by atoms with Crippen LogP contribution in [0.1, 0.15) is 34.3 Å². The zero-order valence-corrected chi connectivity index (χ0v) is 18.2. The average Bonchev–Trinajstić information content (AvgIpc) is 3.21. The lowest BCUT2D eigenvalue weighted by atomic mass is 10.2. The monoisotopic (exact) mass is 434 g/mol. The van der Waals surface area contributed by atoms with Crippen LogP contribution in [0.2, 0.25) is 0 Å². The van der Waals surface area contributed by atoms with Gasteiger partial charge in [-0.2, -0.15) is 10.2 Å². The molecule has 4 heterocycles. The molecule has 162 valence electrons. The van der Waals surface area contributed by atoms with Gasteiger partial charge in [-0.1, -0.05) is 0 Å². The number of carbonyl (C=O) groups is 1. The molecule has 4 rings (SSSR count). The highest BCUT2D eigenvalue weighted by atomic mass is 32.2. The summed E-state index contributed by atoms with van der Waals surface area (Å²) in [4.78, 5) is 28.2. The fourth-order valence-corrected chi connectivity index (χ4v) is 6.04. The quantitative estimate of drug-likeness (QED) is 0.664. The summed E-state index contributed by atoms with van der Waals surface area (Å²) in [6, 6.07) is 2.70. The minimum absolute atomic E-state index is 0.110. The van der Waals surface area contributed by atoms with E-state index in [0.29, 0.717) is 32.6 Å².